The molecule has 4 rings (SSSR count). The van der Waals surface area contributed by atoms with Crippen molar-refractivity contribution >= 4 is 27.8 Å². The third-order valence-electron chi connectivity index (χ3n) is 5.34. The second-order valence-electron chi connectivity index (χ2n) is 7.50. The number of carbonyl (C=O) groups is 1. The van der Waals surface area contributed by atoms with E-state index < -0.39 is 5.91 Å². The molecule has 0 aliphatic heterocycles. The quantitative estimate of drug-likeness (QED) is 0.343. The van der Waals surface area contributed by atoms with Crippen LogP contribution in [0.5, 0.6) is 5.75 Å². The van der Waals surface area contributed by atoms with Crippen LogP contribution in [0.2, 0.25) is 0 Å². The minimum Gasteiger partial charge on any atom is -0.487 e. The average Bonchev–Trinajstić information content (AvgIpc) is 3.40. The molecule has 0 unspecified atom stereocenters. The molecule has 4 aromatic rings. The number of primary amides is 1. The van der Waals surface area contributed by atoms with Crippen LogP contribution < -0.4 is 15.8 Å². The minimum absolute atomic E-state index is 0.136. The minimum atomic E-state index is -0.589. The maximum atomic E-state index is 11.3. The average molecular weight is 417 g/mol. The molecule has 0 bridgehead atoms. The summed E-state index contributed by atoms with van der Waals surface area (Å²) < 4.78 is 11.3. The van der Waals surface area contributed by atoms with Crippen LogP contribution in [0, 0.1) is 11.3 Å². The number of nitriles is 1. The van der Waals surface area contributed by atoms with E-state index in [-0.39, 0.29) is 5.76 Å². The molecule has 0 atom stereocenters. The van der Waals surface area contributed by atoms with Gasteiger partial charge in [0.25, 0.3) is 5.91 Å². The van der Waals surface area contributed by atoms with Crippen molar-refractivity contribution < 1.29 is 19.3 Å². The first kappa shape index (κ1) is 20.5. The van der Waals surface area contributed by atoms with Gasteiger partial charge in [-0.3, -0.25) is 4.79 Å². The summed E-state index contributed by atoms with van der Waals surface area (Å²) in [5, 5.41) is 13.2. The van der Waals surface area contributed by atoms with E-state index in [2.05, 4.69) is 16.4 Å². The smallest absolute Gasteiger partial charge is 0.284 e. The highest BCUT2D eigenvalue weighted by Gasteiger charge is 2.12. The normalized spacial score (nSPS) is 11.1. The Balaban J connectivity index is 1.18. The van der Waals surface area contributed by atoms with E-state index in [1.165, 1.54) is 5.56 Å². The van der Waals surface area contributed by atoms with Gasteiger partial charge in [0.1, 0.15) is 24.5 Å². The summed E-state index contributed by atoms with van der Waals surface area (Å²) in [7, 11) is 0. The lowest BCUT2D eigenvalue weighted by atomic mass is 10.1. The Morgan fingerprint density at radius 2 is 2.06 bits per heavy atom. The van der Waals surface area contributed by atoms with Crippen LogP contribution in [-0.2, 0) is 6.42 Å². The lowest BCUT2D eigenvalue weighted by Crippen LogP contribution is -2.85. The van der Waals surface area contributed by atoms with Crippen molar-refractivity contribution in [2.75, 3.05) is 19.7 Å². The number of nitrogens with two attached hydrogens (primary N) is 2. The standard InChI is InChI=1S/C24H24N4O3/c25-14-16-7-8-20-18(12-16)17(15-28-20)4-1-2-9-27-10-11-30-21-5-3-6-22-19(21)13-23(31-22)24(26)29/h3,5-8,12-13,15,27-28H,1-2,4,9-11H2,(H2,26,29)/p+1. The summed E-state index contributed by atoms with van der Waals surface area (Å²) in [5.74, 6) is 0.239. The number of nitrogens with zero attached hydrogens (tertiary/aromatic N) is 1. The summed E-state index contributed by atoms with van der Waals surface area (Å²) in [4.78, 5) is 14.6. The van der Waals surface area contributed by atoms with Crippen LogP contribution in [0.1, 0.15) is 34.5 Å². The number of aromatic amines is 1. The molecule has 0 aliphatic rings. The Hall–Kier alpha value is -3.76. The largest absolute Gasteiger partial charge is 0.487 e. The Morgan fingerprint density at radius 1 is 1.16 bits per heavy atom. The first-order valence-electron chi connectivity index (χ1n) is 10.4. The van der Waals surface area contributed by atoms with Crippen LogP contribution in [-0.4, -0.2) is 30.6 Å². The molecule has 7 heteroatoms. The number of H-pyrrole nitrogens is 1. The summed E-state index contributed by atoms with van der Waals surface area (Å²) in [6, 6.07) is 15.1. The molecule has 31 heavy (non-hydrogen) atoms. The van der Waals surface area contributed by atoms with Gasteiger partial charge in [-0.1, -0.05) is 6.07 Å². The number of furan rings is 1. The third-order valence-corrected chi connectivity index (χ3v) is 5.34. The first-order valence-corrected chi connectivity index (χ1v) is 10.4. The van der Waals surface area contributed by atoms with Gasteiger partial charge < -0.3 is 25.2 Å². The summed E-state index contributed by atoms with van der Waals surface area (Å²) in [6.07, 6.45) is 5.22. The van der Waals surface area contributed by atoms with Crippen molar-refractivity contribution in [1.29, 1.82) is 5.26 Å². The number of carbonyl (C=O) groups excluding carboxylic acids is 1. The Labute approximate surface area is 179 Å². The van der Waals surface area contributed by atoms with Gasteiger partial charge in [-0.2, -0.15) is 5.26 Å². The third kappa shape index (κ3) is 4.71. The molecule has 0 aliphatic carbocycles. The van der Waals surface area contributed by atoms with E-state index in [1.54, 1.807) is 12.1 Å². The van der Waals surface area contributed by atoms with Crippen LogP contribution >= 0.6 is 0 Å². The van der Waals surface area contributed by atoms with Crippen molar-refractivity contribution in [3.63, 3.8) is 0 Å². The Kier molecular flexibility index (Phi) is 6.20. The zero-order chi connectivity index (χ0) is 21.6. The van der Waals surface area contributed by atoms with Crippen molar-refractivity contribution in [2.45, 2.75) is 19.3 Å². The summed E-state index contributed by atoms with van der Waals surface area (Å²) in [5.41, 5.74) is 8.91. The number of hydrogen-bond donors (Lipinski definition) is 3. The van der Waals surface area contributed by atoms with Gasteiger partial charge in [-0.05, 0) is 55.2 Å². The van der Waals surface area contributed by atoms with Crippen LogP contribution in [0.4, 0.5) is 0 Å². The predicted molar refractivity (Wildman–Crippen MR) is 118 cm³/mol. The molecule has 0 radical (unpaired) electrons. The van der Waals surface area contributed by atoms with Gasteiger partial charge in [-0.15, -0.1) is 0 Å². The van der Waals surface area contributed by atoms with E-state index in [4.69, 9.17) is 20.1 Å². The number of benzene rings is 2. The molecular formula is C24H25N4O3+. The molecule has 1 amide bonds. The molecular weight excluding hydrogens is 392 g/mol. The van der Waals surface area contributed by atoms with Crippen molar-refractivity contribution in [3.8, 4) is 11.8 Å². The van der Waals surface area contributed by atoms with E-state index in [9.17, 15) is 4.79 Å². The maximum absolute atomic E-state index is 11.3. The predicted octanol–water partition coefficient (Wildman–Crippen LogP) is 2.85. The number of hydrogen-bond acceptors (Lipinski definition) is 4. The van der Waals surface area contributed by atoms with Crippen LogP contribution in [0.3, 0.4) is 0 Å². The number of quaternary nitrogens is 1. The number of amides is 1. The Morgan fingerprint density at radius 3 is 2.90 bits per heavy atom. The van der Waals surface area contributed by atoms with Crippen molar-refractivity contribution in [3.05, 3.63) is 65.5 Å². The molecule has 7 nitrogen and oxygen atoms in total. The molecule has 0 fully saturated rings. The topological polar surface area (TPSA) is 122 Å². The number of unbranched alkanes of at least 4 members (excludes halogenated alkanes) is 1. The summed E-state index contributed by atoms with van der Waals surface area (Å²) in [6.45, 7) is 2.43. The highest BCUT2D eigenvalue weighted by atomic mass is 16.5. The van der Waals surface area contributed by atoms with E-state index in [0.717, 1.165) is 48.6 Å². The van der Waals surface area contributed by atoms with E-state index in [0.29, 0.717) is 23.5 Å². The molecule has 5 N–H and O–H groups in total. The zero-order valence-electron chi connectivity index (χ0n) is 17.2. The first-order chi connectivity index (χ1) is 15.2. The number of fused-ring (bicyclic) bond motifs is 2. The lowest BCUT2D eigenvalue weighted by molar-refractivity contribution is -0.655. The van der Waals surface area contributed by atoms with Gasteiger partial charge in [0.05, 0.1) is 23.6 Å². The van der Waals surface area contributed by atoms with Crippen molar-refractivity contribution in [2.24, 2.45) is 5.73 Å². The second-order valence-corrected chi connectivity index (χ2v) is 7.50. The molecule has 2 heterocycles. The number of aryl methyl sites for hydroxylation is 1. The van der Waals surface area contributed by atoms with Crippen molar-refractivity contribution in [1.82, 2.24) is 4.98 Å². The highest BCUT2D eigenvalue weighted by Crippen LogP contribution is 2.28. The SMILES string of the molecule is N#Cc1ccc2[nH]cc(CCCC[NH2+]CCOc3cccc4oc(C(N)=O)cc34)c2c1. The number of aromatic nitrogens is 1. The zero-order valence-corrected chi connectivity index (χ0v) is 17.2. The van der Waals surface area contributed by atoms with Gasteiger partial charge >= 0.3 is 0 Å². The Bertz CT molecular complexity index is 1250. The molecule has 2 aromatic carbocycles. The van der Waals surface area contributed by atoms with Gasteiger partial charge in [-0.25, -0.2) is 0 Å². The molecule has 0 saturated carbocycles. The molecule has 0 spiro atoms. The van der Waals surface area contributed by atoms with E-state index >= 15 is 0 Å². The molecule has 0 saturated heterocycles. The van der Waals surface area contributed by atoms with Crippen LogP contribution in [0.15, 0.2) is 53.1 Å². The van der Waals surface area contributed by atoms with Crippen LogP contribution in [0.25, 0.3) is 21.9 Å². The van der Waals surface area contributed by atoms with E-state index in [1.807, 2.05) is 36.5 Å². The molecule has 158 valence electrons. The number of rotatable bonds is 10. The maximum Gasteiger partial charge on any atom is 0.284 e. The molecule has 2 aromatic heterocycles. The number of nitrogens with one attached hydrogen (secondary N) is 1. The fourth-order valence-corrected chi connectivity index (χ4v) is 3.74. The second kappa shape index (κ2) is 9.37. The van der Waals surface area contributed by atoms with Gasteiger partial charge in [0, 0.05) is 23.2 Å². The van der Waals surface area contributed by atoms with Gasteiger partial charge in [0.15, 0.2) is 5.76 Å². The monoisotopic (exact) mass is 417 g/mol. The fourth-order valence-electron chi connectivity index (χ4n) is 3.74. The fraction of sp³-hybridized carbons (Fsp3) is 0.250. The summed E-state index contributed by atoms with van der Waals surface area (Å²) >= 11 is 0. The highest BCUT2D eigenvalue weighted by molar-refractivity contribution is 5.96. The lowest BCUT2D eigenvalue weighted by Gasteiger charge is -2.06. The number of ether oxygens (including phenoxy) is 1. The van der Waals surface area contributed by atoms with Gasteiger partial charge in [0.2, 0.25) is 0 Å².